The van der Waals surface area contributed by atoms with E-state index in [0.717, 1.165) is 6.42 Å². The van der Waals surface area contributed by atoms with E-state index in [1.54, 1.807) is 6.20 Å². The van der Waals surface area contributed by atoms with E-state index < -0.39 is 0 Å². The highest BCUT2D eigenvalue weighted by Crippen LogP contribution is 2.18. The zero-order chi connectivity index (χ0) is 13.7. The van der Waals surface area contributed by atoms with Crippen molar-refractivity contribution < 1.29 is 0 Å². The number of aryl methyl sites for hydroxylation is 1. The molecule has 0 radical (unpaired) electrons. The summed E-state index contributed by atoms with van der Waals surface area (Å²) in [4.78, 5) is 11.8. The fraction of sp³-hybridized carbons (Fsp3) is 0.667. The summed E-state index contributed by atoms with van der Waals surface area (Å²) in [7, 11) is 0. The number of anilines is 1. The van der Waals surface area contributed by atoms with Crippen LogP contribution in [0.4, 0.5) is 5.69 Å². The molecule has 0 aliphatic carbocycles. The van der Waals surface area contributed by atoms with Crippen molar-refractivity contribution in [3.63, 3.8) is 0 Å². The van der Waals surface area contributed by atoms with Crippen LogP contribution in [0.5, 0.6) is 0 Å². The minimum absolute atomic E-state index is 0.0983. The molecular formula is C12H21ClN4O. The molecule has 0 amide bonds. The number of nitrogens with one attached hydrogen (secondary N) is 1. The highest BCUT2D eigenvalue weighted by Gasteiger charge is 2.13. The predicted molar refractivity (Wildman–Crippen MR) is 75.1 cm³/mol. The van der Waals surface area contributed by atoms with Gasteiger partial charge in [-0.1, -0.05) is 25.4 Å². The van der Waals surface area contributed by atoms with Gasteiger partial charge in [0.2, 0.25) is 0 Å². The van der Waals surface area contributed by atoms with E-state index in [9.17, 15) is 4.79 Å². The lowest BCUT2D eigenvalue weighted by Gasteiger charge is -2.20. The van der Waals surface area contributed by atoms with Crippen molar-refractivity contribution in [3.8, 4) is 0 Å². The molecule has 1 unspecified atom stereocenters. The molecule has 6 heteroatoms. The first kappa shape index (κ1) is 15.0. The summed E-state index contributed by atoms with van der Waals surface area (Å²) in [5.41, 5.74) is 5.99. The van der Waals surface area contributed by atoms with Crippen LogP contribution in [-0.2, 0) is 6.54 Å². The van der Waals surface area contributed by atoms with E-state index >= 15 is 0 Å². The van der Waals surface area contributed by atoms with Crippen molar-refractivity contribution in [1.29, 1.82) is 0 Å². The summed E-state index contributed by atoms with van der Waals surface area (Å²) in [6, 6.07) is 0.0983. The maximum Gasteiger partial charge on any atom is 0.287 e. The molecular weight excluding hydrogens is 252 g/mol. The Morgan fingerprint density at radius 1 is 1.56 bits per heavy atom. The van der Waals surface area contributed by atoms with E-state index in [1.807, 2.05) is 6.92 Å². The van der Waals surface area contributed by atoms with Crippen LogP contribution in [0.15, 0.2) is 11.0 Å². The second-order valence-electron chi connectivity index (χ2n) is 4.70. The largest absolute Gasteiger partial charge is 0.378 e. The third-order valence-electron chi connectivity index (χ3n) is 2.68. The van der Waals surface area contributed by atoms with E-state index in [-0.39, 0.29) is 16.6 Å². The van der Waals surface area contributed by atoms with Crippen molar-refractivity contribution >= 4 is 17.3 Å². The van der Waals surface area contributed by atoms with Crippen molar-refractivity contribution in [3.05, 3.63) is 21.6 Å². The summed E-state index contributed by atoms with van der Waals surface area (Å²) in [6.07, 6.45) is 2.50. The molecule has 0 saturated heterocycles. The van der Waals surface area contributed by atoms with Crippen molar-refractivity contribution in [2.24, 2.45) is 11.7 Å². The van der Waals surface area contributed by atoms with Crippen LogP contribution >= 0.6 is 11.6 Å². The Kier molecular flexibility index (Phi) is 5.62. The van der Waals surface area contributed by atoms with Gasteiger partial charge in [-0.25, -0.2) is 4.68 Å². The molecule has 1 aromatic heterocycles. The quantitative estimate of drug-likeness (QED) is 0.827. The van der Waals surface area contributed by atoms with Crippen LogP contribution in [0.1, 0.15) is 27.2 Å². The molecule has 1 aromatic rings. The van der Waals surface area contributed by atoms with Gasteiger partial charge in [0.1, 0.15) is 5.02 Å². The molecule has 0 aliphatic heterocycles. The Bertz CT molecular complexity index is 444. The number of aromatic nitrogens is 2. The predicted octanol–water partition coefficient (Wildman–Crippen LogP) is 1.70. The molecule has 1 heterocycles. The van der Waals surface area contributed by atoms with Gasteiger partial charge in [0, 0.05) is 19.1 Å². The van der Waals surface area contributed by atoms with E-state index in [0.29, 0.717) is 24.7 Å². The van der Waals surface area contributed by atoms with Crippen LogP contribution in [-0.4, -0.2) is 22.4 Å². The van der Waals surface area contributed by atoms with Gasteiger partial charge in [-0.2, -0.15) is 5.10 Å². The van der Waals surface area contributed by atoms with Gasteiger partial charge in [-0.05, 0) is 19.3 Å². The van der Waals surface area contributed by atoms with Gasteiger partial charge in [0.15, 0.2) is 0 Å². The number of halogens is 1. The topological polar surface area (TPSA) is 72.9 Å². The third kappa shape index (κ3) is 3.71. The number of hydrogen-bond donors (Lipinski definition) is 2. The number of nitrogens with zero attached hydrogens (tertiary/aromatic N) is 2. The van der Waals surface area contributed by atoms with Gasteiger partial charge in [-0.15, -0.1) is 0 Å². The van der Waals surface area contributed by atoms with Crippen LogP contribution < -0.4 is 16.6 Å². The molecule has 0 aromatic carbocycles. The summed E-state index contributed by atoms with van der Waals surface area (Å²) in [5, 5.41) is 7.40. The minimum Gasteiger partial charge on any atom is -0.378 e. The fourth-order valence-corrected chi connectivity index (χ4v) is 1.99. The number of rotatable bonds is 6. The van der Waals surface area contributed by atoms with Crippen molar-refractivity contribution in [2.75, 3.05) is 11.9 Å². The van der Waals surface area contributed by atoms with Crippen LogP contribution in [0.2, 0.25) is 5.02 Å². The molecule has 18 heavy (non-hydrogen) atoms. The lowest BCUT2D eigenvalue weighted by atomic mass is 10.0. The molecule has 0 saturated carbocycles. The molecule has 5 nitrogen and oxygen atoms in total. The molecule has 0 fully saturated rings. The Balaban J connectivity index is 2.90. The summed E-state index contributed by atoms with van der Waals surface area (Å²) < 4.78 is 1.33. The van der Waals surface area contributed by atoms with E-state index in [1.165, 1.54) is 4.68 Å². The van der Waals surface area contributed by atoms with Gasteiger partial charge < -0.3 is 11.1 Å². The first-order chi connectivity index (χ1) is 8.49. The fourth-order valence-electron chi connectivity index (χ4n) is 1.79. The van der Waals surface area contributed by atoms with Crippen LogP contribution in [0.3, 0.4) is 0 Å². The molecule has 102 valence electrons. The zero-order valence-electron chi connectivity index (χ0n) is 11.1. The van der Waals surface area contributed by atoms with Gasteiger partial charge in [0.05, 0.1) is 11.9 Å². The third-order valence-corrected chi connectivity index (χ3v) is 3.05. The van der Waals surface area contributed by atoms with Crippen molar-refractivity contribution in [2.45, 2.75) is 39.8 Å². The maximum absolute atomic E-state index is 11.8. The Hall–Kier alpha value is -1.07. The lowest BCUT2D eigenvalue weighted by Crippen LogP contribution is -2.32. The standard InChI is InChI=1S/C12H21ClN4O/c1-4-17-12(18)11(13)10(7-15-17)16-9(6-14)5-8(2)3/h7-9,16H,4-6,14H2,1-3H3. The average molecular weight is 273 g/mol. The average Bonchev–Trinajstić information content (AvgIpc) is 2.33. The van der Waals surface area contributed by atoms with Crippen LogP contribution in [0, 0.1) is 5.92 Å². The van der Waals surface area contributed by atoms with Gasteiger partial charge in [0.25, 0.3) is 5.56 Å². The summed E-state index contributed by atoms with van der Waals surface area (Å²) in [5.74, 6) is 0.522. The number of hydrogen-bond acceptors (Lipinski definition) is 4. The van der Waals surface area contributed by atoms with Crippen LogP contribution in [0.25, 0.3) is 0 Å². The van der Waals surface area contributed by atoms with Crippen molar-refractivity contribution in [1.82, 2.24) is 9.78 Å². The maximum atomic E-state index is 11.8. The number of nitrogens with two attached hydrogens (primary N) is 1. The Labute approximate surface area is 112 Å². The second kappa shape index (κ2) is 6.75. The monoisotopic (exact) mass is 272 g/mol. The molecule has 3 N–H and O–H groups in total. The summed E-state index contributed by atoms with van der Waals surface area (Å²) in [6.45, 7) is 7.09. The highest BCUT2D eigenvalue weighted by atomic mass is 35.5. The molecule has 0 bridgehead atoms. The Morgan fingerprint density at radius 3 is 2.72 bits per heavy atom. The molecule has 0 spiro atoms. The minimum atomic E-state index is -0.274. The van der Waals surface area contributed by atoms with Gasteiger partial charge >= 0.3 is 0 Å². The second-order valence-corrected chi connectivity index (χ2v) is 5.08. The summed E-state index contributed by atoms with van der Waals surface area (Å²) >= 11 is 6.04. The Morgan fingerprint density at radius 2 is 2.22 bits per heavy atom. The van der Waals surface area contributed by atoms with Gasteiger partial charge in [-0.3, -0.25) is 4.79 Å². The van der Waals surface area contributed by atoms with E-state index in [4.69, 9.17) is 17.3 Å². The lowest BCUT2D eigenvalue weighted by molar-refractivity contribution is 0.521. The van der Waals surface area contributed by atoms with E-state index in [2.05, 4.69) is 24.3 Å². The zero-order valence-corrected chi connectivity index (χ0v) is 11.9. The molecule has 0 aliphatic rings. The SMILES string of the molecule is CCn1ncc(NC(CN)CC(C)C)c(Cl)c1=O. The molecule has 1 rings (SSSR count). The smallest absolute Gasteiger partial charge is 0.287 e. The first-order valence-electron chi connectivity index (χ1n) is 6.21. The highest BCUT2D eigenvalue weighted by molar-refractivity contribution is 6.32. The first-order valence-corrected chi connectivity index (χ1v) is 6.59. The normalized spacial score (nSPS) is 12.8. The molecule has 1 atom stereocenters.